The maximum Gasteiger partial charge on any atom is 0.238 e. The lowest BCUT2D eigenvalue weighted by Gasteiger charge is -2.32. The van der Waals surface area contributed by atoms with Gasteiger partial charge < -0.3 is 15.7 Å². The third-order valence-electron chi connectivity index (χ3n) is 3.67. The quantitative estimate of drug-likeness (QED) is 0.773. The first kappa shape index (κ1) is 14.9. The number of anilines is 1. The Kier molecular flexibility index (Phi) is 5.09. The lowest BCUT2D eigenvalue weighted by Crippen LogP contribution is -2.44. The number of carbonyl (C=O) groups is 1. The normalized spacial score (nSPS) is 17.7. The monoisotopic (exact) mass is 280 g/mol. The van der Waals surface area contributed by atoms with Gasteiger partial charge in [-0.3, -0.25) is 4.79 Å². The third-order valence-corrected chi connectivity index (χ3v) is 3.67. The van der Waals surface area contributed by atoms with Gasteiger partial charge in [0.15, 0.2) is 0 Å². The summed E-state index contributed by atoms with van der Waals surface area (Å²) in [6.07, 6.45) is 4.76. The molecule has 1 fully saturated rings. The molecule has 1 aromatic carbocycles. The van der Waals surface area contributed by atoms with Crippen LogP contribution in [0.5, 0.6) is 0 Å². The molecule has 4 nitrogen and oxygen atoms in total. The SMILES string of the molecule is O=C(CNCC1(O)CCCCC1)Nc1ccccc1F. The highest BCUT2D eigenvalue weighted by Crippen LogP contribution is 2.27. The van der Waals surface area contributed by atoms with E-state index in [0.29, 0.717) is 6.54 Å². The van der Waals surface area contributed by atoms with Crippen LogP contribution in [0.4, 0.5) is 10.1 Å². The molecule has 2 rings (SSSR count). The second kappa shape index (κ2) is 6.81. The molecule has 110 valence electrons. The summed E-state index contributed by atoms with van der Waals surface area (Å²) in [6.45, 7) is 0.467. The van der Waals surface area contributed by atoms with Gasteiger partial charge in [-0.2, -0.15) is 0 Å². The van der Waals surface area contributed by atoms with Crippen LogP contribution in [-0.4, -0.2) is 29.7 Å². The van der Waals surface area contributed by atoms with E-state index in [1.165, 1.54) is 12.1 Å². The van der Waals surface area contributed by atoms with Crippen LogP contribution in [0.25, 0.3) is 0 Å². The zero-order valence-corrected chi connectivity index (χ0v) is 11.5. The Morgan fingerprint density at radius 1 is 1.25 bits per heavy atom. The first-order valence-corrected chi connectivity index (χ1v) is 7.07. The maximum atomic E-state index is 13.3. The molecule has 0 heterocycles. The number of hydrogen-bond donors (Lipinski definition) is 3. The fourth-order valence-corrected chi connectivity index (χ4v) is 2.55. The number of benzene rings is 1. The Morgan fingerprint density at radius 2 is 1.95 bits per heavy atom. The standard InChI is InChI=1S/C15H21FN2O2/c16-12-6-2-3-7-13(12)18-14(19)10-17-11-15(20)8-4-1-5-9-15/h2-3,6-7,17,20H,1,4-5,8-11H2,(H,18,19). The van der Waals surface area contributed by atoms with Gasteiger partial charge in [-0.25, -0.2) is 4.39 Å². The molecule has 1 amide bonds. The van der Waals surface area contributed by atoms with Crippen molar-refractivity contribution in [3.63, 3.8) is 0 Å². The minimum absolute atomic E-state index is 0.0661. The number of halogens is 1. The van der Waals surface area contributed by atoms with Gasteiger partial charge in [-0.1, -0.05) is 31.4 Å². The molecule has 0 aromatic heterocycles. The molecule has 0 unspecified atom stereocenters. The smallest absolute Gasteiger partial charge is 0.238 e. The summed E-state index contributed by atoms with van der Waals surface area (Å²) < 4.78 is 13.3. The van der Waals surface area contributed by atoms with Crippen molar-refractivity contribution in [1.82, 2.24) is 5.32 Å². The number of hydrogen-bond acceptors (Lipinski definition) is 3. The predicted molar refractivity (Wildman–Crippen MR) is 75.9 cm³/mol. The molecular formula is C15H21FN2O2. The van der Waals surface area contributed by atoms with Gasteiger partial charge in [0.25, 0.3) is 0 Å². The van der Waals surface area contributed by atoms with Crippen LogP contribution < -0.4 is 10.6 Å². The van der Waals surface area contributed by atoms with Gasteiger partial charge in [-0.15, -0.1) is 0 Å². The van der Waals surface area contributed by atoms with Crippen molar-refractivity contribution in [2.45, 2.75) is 37.7 Å². The second-order valence-corrected chi connectivity index (χ2v) is 5.42. The molecule has 1 aliphatic rings. The number of carbonyl (C=O) groups excluding carboxylic acids is 1. The van der Waals surface area contributed by atoms with Gasteiger partial charge in [0.05, 0.1) is 17.8 Å². The molecule has 1 saturated carbocycles. The zero-order valence-electron chi connectivity index (χ0n) is 11.5. The summed E-state index contributed by atoms with van der Waals surface area (Å²) in [6, 6.07) is 6.05. The van der Waals surface area contributed by atoms with Crippen LogP contribution in [0.1, 0.15) is 32.1 Å². The largest absolute Gasteiger partial charge is 0.389 e. The van der Waals surface area contributed by atoms with Crippen molar-refractivity contribution in [3.8, 4) is 0 Å². The number of rotatable bonds is 5. The Morgan fingerprint density at radius 3 is 2.65 bits per heavy atom. The maximum absolute atomic E-state index is 13.3. The highest BCUT2D eigenvalue weighted by molar-refractivity contribution is 5.92. The van der Waals surface area contributed by atoms with E-state index >= 15 is 0 Å². The van der Waals surface area contributed by atoms with Crippen molar-refractivity contribution in [1.29, 1.82) is 0 Å². The molecule has 1 aromatic rings. The molecule has 1 aliphatic carbocycles. The Hall–Kier alpha value is -1.46. The third kappa shape index (κ3) is 4.28. The lowest BCUT2D eigenvalue weighted by molar-refractivity contribution is -0.115. The molecule has 20 heavy (non-hydrogen) atoms. The van der Waals surface area contributed by atoms with Gasteiger partial charge in [-0.05, 0) is 25.0 Å². The zero-order chi connectivity index (χ0) is 14.4. The first-order chi connectivity index (χ1) is 9.59. The van der Waals surface area contributed by atoms with Crippen molar-refractivity contribution in [3.05, 3.63) is 30.1 Å². The van der Waals surface area contributed by atoms with E-state index in [0.717, 1.165) is 32.1 Å². The molecule has 0 radical (unpaired) electrons. The summed E-state index contributed by atoms with van der Waals surface area (Å²) in [5.74, 6) is -0.763. The van der Waals surface area contributed by atoms with E-state index in [2.05, 4.69) is 10.6 Å². The fraction of sp³-hybridized carbons (Fsp3) is 0.533. The molecule has 0 bridgehead atoms. The second-order valence-electron chi connectivity index (χ2n) is 5.42. The molecule has 5 heteroatoms. The van der Waals surface area contributed by atoms with Crippen LogP contribution in [0.15, 0.2) is 24.3 Å². The van der Waals surface area contributed by atoms with E-state index in [1.807, 2.05) is 0 Å². The van der Waals surface area contributed by atoms with Crippen LogP contribution in [-0.2, 0) is 4.79 Å². The van der Waals surface area contributed by atoms with Crippen molar-refractivity contribution < 1.29 is 14.3 Å². The molecule has 0 saturated heterocycles. The highest BCUT2D eigenvalue weighted by Gasteiger charge is 2.28. The number of para-hydroxylation sites is 1. The van der Waals surface area contributed by atoms with E-state index in [1.54, 1.807) is 12.1 Å². The summed E-state index contributed by atoms with van der Waals surface area (Å²) in [7, 11) is 0. The summed E-state index contributed by atoms with van der Waals surface area (Å²) in [5.41, 5.74) is -0.521. The summed E-state index contributed by atoms with van der Waals surface area (Å²) >= 11 is 0. The summed E-state index contributed by atoms with van der Waals surface area (Å²) in [5, 5.41) is 15.7. The topological polar surface area (TPSA) is 61.4 Å². The van der Waals surface area contributed by atoms with Crippen molar-refractivity contribution in [2.75, 3.05) is 18.4 Å². The number of amides is 1. The van der Waals surface area contributed by atoms with Crippen molar-refractivity contribution in [2.24, 2.45) is 0 Å². The average molecular weight is 280 g/mol. The van der Waals surface area contributed by atoms with E-state index in [4.69, 9.17) is 0 Å². The highest BCUT2D eigenvalue weighted by atomic mass is 19.1. The molecule has 3 N–H and O–H groups in total. The van der Waals surface area contributed by atoms with Crippen LogP contribution in [0.3, 0.4) is 0 Å². The van der Waals surface area contributed by atoms with Crippen LogP contribution in [0.2, 0.25) is 0 Å². The Balaban J connectivity index is 1.74. The van der Waals surface area contributed by atoms with Crippen LogP contribution in [0, 0.1) is 5.82 Å². The minimum atomic E-state index is -0.698. The van der Waals surface area contributed by atoms with E-state index in [9.17, 15) is 14.3 Å². The Bertz CT molecular complexity index is 459. The van der Waals surface area contributed by atoms with E-state index in [-0.39, 0.29) is 18.1 Å². The average Bonchev–Trinajstić information content (AvgIpc) is 2.42. The van der Waals surface area contributed by atoms with Gasteiger partial charge >= 0.3 is 0 Å². The molecular weight excluding hydrogens is 259 g/mol. The number of nitrogens with one attached hydrogen (secondary N) is 2. The first-order valence-electron chi connectivity index (χ1n) is 7.07. The fourth-order valence-electron chi connectivity index (χ4n) is 2.55. The predicted octanol–water partition coefficient (Wildman–Crippen LogP) is 2.05. The number of aliphatic hydroxyl groups is 1. The molecule has 0 spiro atoms. The minimum Gasteiger partial charge on any atom is -0.389 e. The summed E-state index contributed by atoms with van der Waals surface area (Å²) in [4.78, 5) is 11.7. The van der Waals surface area contributed by atoms with Gasteiger partial charge in [0.1, 0.15) is 5.82 Å². The lowest BCUT2D eigenvalue weighted by atomic mass is 9.85. The van der Waals surface area contributed by atoms with Gasteiger partial charge in [0.2, 0.25) is 5.91 Å². The molecule has 0 aliphatic heterocycles. The van der Waals surface area contributed by atoms with Gasteiger partial charge in [0, 0.05) is 6.54 Å². The van der Waals surface area contributed by atoms with E-state index < -0.39 is 11.4 Å². The Labute approximate surface area is 118 Å². The molecule has 0 atom stereocenters. The van der Waals surface area contributed by atoms with Crippen LogP contribution >= 0.6 is 0 Å². The van der Waals surface area contributed by atoms with Crippen molar-refractivity contribution >= 4 is 11.6 Å².